The van der Waals surface area contributed by atoms with Gasteiger partial charge in [0.15, 0.2) is 11.6 Å². The van der Waals surface area contributed by atoms with Crippen molar-refractivity contribution in [2.75, 3.05) is 24.4 Å². The van der Waals surface area contributed by atoms with Crippen molar-refractivity contribution in [1.29, 1.82) is 0 Å². The molecule has 1 amide bonds. The standard InChI is InChI=1S/C37H32N2O5/c1-21-15-16-30-27(17-21)22(2)18-31-37(28-13-5-6-14-29(28)38-36(37)42)32(34(40)23-9-7-11-25(19-23)43-3)33(39(30)31)35(41)24-10-8-12-26(20-24)44-4/h5-20,31-33H,1-4H3,(H,38,42)/t31-,32-,33+,37-/m1/s1. The molecular weight excluding hydrogens is 552 g/mol. The van der Waals surface area contributed by atoms with E-state index in [0.29, 0.717) is 33.9 Å². The Balaban J connectivity index is 1.55. The Morgan fingerprint density at radius 1 is 0.795 bits per heavy atom. The first kappa shape index (κ1) is 27.7. The quantitative estimate of drug-likeness (QED) is 0.270. The SMILES string of the molecule is COc1cccc(C(=O)[C@@H]2[C@H](C(=O)c3cccc(OC)c3)[C@]3(C(=O)Nc4ccccc43)[C@H]3C=C(C)c4cc(C)ccc4N23)c1. The van der Waals surface area contributed by atoms with Crippen LogP contribution in [0, 0.1) is 12.8 Å². The largest absolute Gasteiger partial charge is 0.497 e. The van der Waals surface area contributed by atoms with Gasteiger partial charge in [0, 0.05) is 28.1 Å². The van der Waals surface area contributed by atoms with Crippen LogP contribution >= 0.6 is 0 Å². The number of carbonyl (C=O) groups excluding carboxylic acids is 3. The lowest BCUT2D eigenvalue weighted by atomic mass is 9.64. The third kappa shape index (κ3) is 3.85. The third-order valence-electron chi connectivity index (χ3n) is 9.39. The Kier molecular flexibility index (Phi) is 6.43. The molecule has 7 heteroatoms. The molecule has 3 aliphatic rings. The lowest BCUT2D eigenvalue weighted by Gasteiger charge is -2.39. The molecule has 7 rings (SSSR count). The lowest BCUT2D eigenvalue weighted by Crippen LogP contribution is -2.51. The summed E-state index contributed by atoms with van der Waals surface area (Å²) in [5.74, 6) is -0.877. The van der Waals surface area contributed by atoms with Gasteiger partial charge >= 0.3 is 0 Å². The van der Waals surface area contributed by atoms with Gasteiger partial charge in [0.1, 0.15) is 23.0 Å². The summed E-state index contributed by atoms with van der Waals surface area (Å²) < 4.78 is 10.9. The van der Waals surface area contributed by atoms with E-state index in [4.69, 9.17) is 9.47 Å². The normalized spacial score (nSPS) is 22.9. The van der Waals surface area contributed by atoms with Gasteiger partial charge in [-0.15, -0.1) is 0 Å². The summed E-state index contributed by atoms with van der Waals surface area (Å²) in [6.45, 7) is 4.05. The molecule has 44 heavy (non-hydrogen) atoms. The van der Waals surface area contributed by atoms with E-state index in [-0.39, 0.29) is 17.5 Å². The van der Waals surface area contributed by atoms with Crippen molar-refractivity contribution in [1.82, 2.24) is 0 Å². The molecule has 1 fully saturated rings. The van der Waals surface area contributed by atoms with Crippen molar-refractivity contribution >= 4 is 34.4 Å². The van der Waals surface area contributed by atoms with Gasteiger partial charge in [0.25, 0.3) is 0 Å². The summed E-state index contributed by atoms with van der Waals surface area (Å²) >= 11 is 0. The number of hydrogen-bond acceptors (Lipinski definition) is 6. The predicted molar refractivity (Wildman–Crippen MR) is 170 cm³/mol. The number of rotatable bonds is 6. The molecule has 7 nitrogen and oxygen atoms in total. The van der Waals surface area contributed by atoms with Crippen molar-refractivity contribution in [3.8, 4) is 11.5 Å². The number of para-hydroxylation sites is 1. The molecule has 0 aromatic heterocycles. The molecule has 0 saturated carbocycles. The van der Waals surface area contributed by atoms with E-state index < -0.39 is 23.4 Å². The number of Topliss-reactive ketones (excluding diaryl/α,β-unsaturated/α-hetero) is 2. The molecule has 4 aromatic rings. The van der Waals surface area contributed by atoms with Gasteiger partial charge in [-0.05, 0) is 67.4 Å². The van der Waals surface area contributed by atoms with Crippen LogP contribution in [0.3, 0.4) is 0 Å². The number of amides is 1. The van der Waals surface area contributed by atoms with E-state index in [2.05, 4.69) is 17.5 Å². The smallest absolute Gasteiger partial charge is 0.238 e. The van der Waals surface area contributed by atoms with E-state index in [1.807, 2.05) is 55.1 Å². The van der Waals surface area contributed by atoms with Gasteiger partial charge in [0.05, 0.1) is 26.2 Å². The van der Waals surface area contributed by atoms with E-state index in [1.165, 1.54) is 0 Å². The number of allylic oxidation sites excluding steroid dienone is 1. The first-order chi connectivity index (χ1) is 21.3. The number of carbonyl (C=O) groups is 3. The van der Waals surface area contributed by atoms with Gasteiger partial charge < -0.3 is 19.7 Å². The van der Waals surface area contributed by atoms with Crippen LogP contribution in [0.15, 0.2) is 97.1 Å². The number of ether oxygens (including phenoxy) is 2. The highest BCUT2D eigenvalue weighted by Crippen LogP contribution is 2.59. The number of hydrogen-bond donors (Lipinski definition) is 1. The van der Waals surface area contributed by atoms with Crippen LogP contribution in [0.2, 0.25) is 0 Å². The summed E-state index contributed by atoms with van der Waals surface area (Å²) in [7, 11) is 3.10. The molecule has 3 heterocycles. The average molecular weight is 585 g/mol. The van der Waals surface area contributed by atoms with Crippen molar-refractivity contribution in [2.24, 2.45) is 5.92 Å². The maximum absolute atomic E-state index is 15.0. The number of nitrogens with zero attached hydrogens (tertiary/aromatic N) is 1. The van der Waals surface area contributed by atoms with Crippen molar-refractivity contribution < 1.29 is 23.9 Å². The van der Waals surface area contributed by atoms with Crippen LogP contribution in [0.5, 0.6) is 11.5 Å². The molecule has 4 aromatic carbocycles. The zero-order valence-electron chi connectivity index (χ0n) is 25.0. The highest BCUT2D eigenvalue weighted by Gasteiger charge is 2.70. The highest BCUT2D eigenvalue weighted by atomic mass is 16.5. The number of methoxy groups -OCH3 is 2. The summed E-state index contributed by atoms with van der Waals surface area (Å²) in [6.07, 6.45) is 2.06. The number of ketones is 2. The molecular formula is C37H32N2O5. The molecule has 0 aliphatic carbocycles. The van der Waals surface area contributed by atoms with Crippen LogP contribution < -0.4 is 19.7 Å². The maximum Gasteiger partial charge on any atom is 0.238 e. The van der Waals surface area contributed by atoms with E-state index in [9.17, 15) is 9.59 Å². The topological polar surface area (TPSA) is 84.9 Å². The number of nitrogens with one attached hydrogen (secondary N) is 1. The fraction of sp³-hybridized carbons (Fsp3) is 0.216. The summed E-state index contributed by atoms with van der Waals surface area (Å²) in [5, 5.41) is 3.08. The average Bonchev–Trinajstić information content (AvgIpc) is 3.52. The molecule has 0 unspecified atom stereocenters. The number of fused-ring (bicyclic) bond motifs is 6. The number of aryl methyl sites for hydroxylation is 1. The van der Waals surface area contributed by atoms with Crippen LogP contribution in [0.4, 0.5) is 11.4 Å². The molecule has 3 aliphatic heterocycles. The predicted octanol–water partition coefficient (Wildman–Crippen LogP) is 6.26. The maximum atomic E-state index is 15.0. The number of anilines is 2. The monoisotopic (exact) mass is 584 g/mol. The number of benzene rings is 4. The van der Waals surface area contributed by atoms with Crippen molar-refractivity contribution in [2.45, 2.75) is 31.3 Å². The van der Waals surface area contributed by atoms with Crippen molar-refractivity contribution in [3.05, 3.63) is 125 Å². The zero-order valence-corrected chi connectivity index (χ0v) is 25.0. The summed E-state index contributed by atoms with van der Waals surface area (Å²) in [6, 6.07) is 25.9. The second-order valence-electron chi connectivity index (χ2n) is 11.7. The second-order valence-corrected chi connectivity index (χ2v) is 11.7. The van der Waals surface area contributed by atoms with E-state index in [0.717, 1.165) is 22.4 Å². The van der Waals surface area contributed by atoms with Crippen LogP contribution in [0.1, 0.15) is 44.3 Å². The van der Waals surface area contributed by atoms with Gasteiger partial charge in [-0.3, -0.25) is 14.4 Å². The Bertz CT molecular complexity index is 1890. The van der Waals surface area contributed by atoms with Gasteiger partial charge in [-0.1, -0.05) is 60.2 Å². The minimum atomic E-state index is -1.39. The van der Waals surface area contributed by atoms with E-state index in [1.54, 1.807) is 62.8 Å². The highest BCUT2D eigenvalue weighted by molar-refractivity contribution is 6.18. The first-order valence-electron chi connectivity index (χ1n) is 14.6. The Morgan fingerprint density at radius 3 is 2.14 bits per heavy atom. The minimum absolute atomic E-state index is 0.260. The Hall–Kier alpha value is -5.17. The minimum Gasteiger partial charge on any atom is -0.497 e. The molecule has 1 N–H and O–H groups in total. The Labute approximate surface area is 256 Å². The molecule has 0 bridgehead atoms. The van der Waals surface area contributed by atoms with E-state index >= 15 is 4.79 Å². The fourth-order valence-corrected chi connectivity index (χ4v) is 7.45. The molecule has 1 saturated heterocycles. The van der Waals surface area contributed by atoms with Gasteiger partial charge in [-0.25, -0.2) is 0 Å². The van der Waals surface area contributed by atoms with Gasteiger partial charge in [-0.2, -0.15) is 0 Å². The molecule has 4 atom stereocenters. The van der Waals surface area contributed by atoms with Gasteiger partial charge in [0.2, 0.25) is 5.91 Å². The molecule has 1 spiro atoms. The Morgan fingerprint density at radius 2 is 1.45 bits per heavy atom. The first-order valence-corrected chi connectivity index (χ1v) is 14.6. The second kappa shape index (κ2) is 10.2. The molecule has 220 valence electrons. The summed E-state index contributed by atoms with van der Waals surface area (Å²) in [4.78, 5) is 46.6. The lowest BCUT2D eigenvalue weighted by molar-refractivity contribution is -0.121. The summed E-state index contributed by atoms with van der Waals surface area (Å²) in [5.41, 5.74) is 4.60. The van der Waals surface area contributed by atoms with Crippen LogP contribution in [-0.4, -0.2) is 43.8 Å². The van der Waals surface area contributed by atoms with Crippen LogP contribution in [0.25, 0.3) is 5.57 Å². The molecule has 0 radical (unpaired) electrons. The zero-order chi connectivity index (χ0) is 30.7. The van der Waals surface area contributed by atoms with Crippen LogP contribution in [-0.2, 0) is 10.2 Å². The third-order valence-corrected chi connectivity index (χ3v) is 9.39. The fourth-order valence-electron chi connectivity index (χ4n) is 7.45. The van der Waals surface area contributed by atoms with Crippen molar-refractivity contribution in [3.63, 3.8) is 0 Å².